The molecule has 32 heavy (non-hydrogen) atoms. The molecule has 0 aromatic heterocycles. The summed E-state index contributed by atoms with van der Waals surface area (Å²) in [5.41, 5.74) is 2.04. The molecule has 0 aliphatic carbocycles. The summed E-state index contributed by atoms with van der Waals surface area (Å²) in [4.78, 5) is 16.7. The number of carbonyl (C=O) groups is 1. The van der Waals surface area contributed by atoms with Crippen LogP contribution in [0.15, 0.2) is 18.2 Å². The second-order valence-corrected chi connectivity index (χ2v) is 8.88. The SMILES string of the molecule is COc1cccc(-c2c(Cl)c(Cl)c(Cl)c(O)c2NC(=O)N2CCCCC2)c1CN(C)C.Cl. The Bertz CT molecular complexity index is 980. The highest BCUT2D eigenvalue weighted by Gasteiger charge is 2.27. The van der Waals surface area contributed by atoms with E-state index in [4.69, 9.17) is 39.5 Å². The van der Waals surface area contributed by atoms with E-state index in [2.05, 4.69) is 5.32 Å². The van der Waals surface area contributed by atoms with E-state index in [9.17, 15) is 9.90 Å². The number of piperidine rings is 1. The zero-order chi connectivity index (χ0) is 22.7. The van der Waals surface area contributed by atoms with Gasteiger partial charge in [0.1, 0.15) is 10.8 Å². The molecular formula is C22H27Cl4N3O3. The summed E-state index contributed by atoms with van der Waals surface area (Å²) < 4.78 is 5.56. The summed E-state index contributed by atoms with van der Waals surface area (Å²) in [6, 6.07) is 5.20. The number of ether oxygens (including phenoxy) is 1. The molecule has 176 valence electrons. The Kier molecular flexibility index (Phi) is 9.61. The van der Waals surface area contributed by atoms with Crippen LogP contribution in [0, 0.1) is 0 Å². The number of hydrogen-bond donors (Lipinski definition) is 2. The normalized spacial score (nSPS) is 13.7. The molecular weight excluding hydrogens is 496 g/mol. The first-order chi connectivity index (χ1) is 14.8. The fourth-order valence-electron chi connectivity index (χ4n) is 3.78. The minimum Gasteiger partial charge on any atom is -0.504 e. The van der Waals surface area contributed by atoms with Crippen LogP contribution in [0.3, 0.4) is 0 Å². The lowest BCUT2D eigenvalue weighted by Gasteiger charge is -2.28. The number of methoxy groups -OCH3 is 1. The van der Waals surface area contributed by atoms with Crippen LogP contribution in [0.2, 0.25) is 15.1 Å². The number of rotatable bonds is 5. The van der Waals surface area contributed by atoms with Crippen molar-refractivity contribution in [2.45, 2.75) is 25.8 Å². The van der Waals surface area contributed by atoms with E-state index < -0.39 is 0 Å². The summed E-state index contributed by atoms with van der Waals surface area (Å²) in [6.07, 6.45) is 2.98. The standard InChI is InChI=1S/C22H26Cl3N3O3.ClH/c1-27(2)12-14-13(8-7-9-15(14)31-3)16-17(23)18(24)19(25)21(29)20(16)26-22(30)28-10-5-4-6-11-28;/h7-9,29H,4-6,10-12H2,1-3H3,(H,26,30);1H. The fourth-order valence-corrected chi connectivity index (χ4v) is 4.49. The van der Waals surface area contributed by atoms with Gasteiger partial charge in [-0.3, -0.25) is 0 Å². The van der Waals surface area contributed by atoms with Crippen LogP contribution in [0.1, 0.15) is 24.8 Å². The van der Waals surface area contributed by atoms with Crippen molar-refractivity contribution in [1.29, 1.82) is 0 Å². The lowest BCUT2D eigenvalue weighted by Crippen LogP contribution is -2.38. The smallest absolute Gasteiger partial charge is 0.321 e. The first-order valence-electron chi connectivity index (χ1n) is 10.0. The average molecular weight is 523 g/mol. The highest BCUT2D eigenvalue weighted by molar-refractivity contribution is 6.50. The van der Waals surface area contributed by atoms with Crippen LogP contribution in [0.4, 0.5) is 10.5 Å². The quantitative estimate of drug-likeness (QED) is 0.346. The van der Waals surface area contributed by atoms with Gasteiger partial charge in [0.25, 0.3) is 0 Å². The fraction of sp³-hybridized carbons (Fsp3) is 0.409. The number of aromatic hydroxyl groups is 1. The van der Waals surface area contributed by atoms with Gasteiger partial charge in [-0.1, -0.05) is 46.9 Å². The summed E-state index contributed by atoms with van der Waals surface area (Å²) in [5, 5.41) is 13.7. The number of carbonyl (C=O) groups excluding carboxylic acids is 1. The third-order valence-corrected chi connectivity index (χ3v) is 6.59. The van der Waals surface area contributed by atoms with Gasteiger partial charge in [0, 0.05) is 30.8 Å². The maximum Gasteiger partial charge on any atom is 0.321 e. The van der Waals surface area contributed by atoms with Crippen LogP contribution in [0.5, 0.6) is 11.5 Å². The molecule has 2 amide bonds. The van der Waals surface area contributed by atoms with Crippen LogP contribution in [-0.4, -0.2) is 55.2 Å². The Morgan fingerprint density at radius 2 is 1.78 bits per heavy atom. The highest BCUT2D eigenvalue weighted by atomic mass is 35.5. The zero-order valence-corrected chi connectivity index (χ0v) is 21.3. The Labute approximate surface area is 209 Å². The Morgan fingerprint density at radius 3 is 2.38 bits per heavy atom. The molecule has 0 unspecified atom stereocenters. The number of anilines is 1. The van der Waals surface area contributed by atoms with E-state index in [1.54, 1.807) is 12.0 Å². The Hall–Kier alpha value is -1.57. The molecule has 2 N–H and O–H groups in total. The number of nitrogens with one attached hydrogen (secondary N) is 1. The van der Waals surface area contributed by atoms with Crippen molar-refractivity contribution in [2.24, 2.45) is 0 Å². The van der Waals surface area contributed by atoms with E-state index in [0.29, 0.717) is 36.5 Å². The van der Waals surface area contributed by atoms with Crippen molar-refractivity contribution in [1.82, 2.24) is 9.80 Å². The van der Waals surface area contributed by atoms with Gasteiger partial charge in [-0.25, -0.2) is 4.79 Å². The van der Waals surface area contributed by atoms with Crippen LogP contribution in [0.25, 0.3) is 11.1 Å². The van der Waals surface area contributed by atoms with Crippen molar-refractivity contribution < 1.29 is 14.6 Å². The summed E-state index contributed by atoms with van der Waals surface area (Å²) in [7, 11) is 5.46. The van der Waals surface area contributed by atoms with Crippen LogP contribution < -0.4 is 10.1 Å². The average Bonchev–Trinajstić information content (AvgIpc) is 2.77. The molecule has 1 aliphatic rings. The lowest BCUT2D eigenvalue weighted by molar-refractivity contribution is 0.200. The van der Waals surface area contributed by atoms with E-state index in [1.165, 1.54) is 0 Å². The van der Waals surface area contributed by atoms with Gasteiger partial charge in [0.2, 0.25) is 0 Å². The van der Waals surface area contributed by atoms with Gasteiger partial charge >= 0.3 is 6.03 Å². The molecule has 1 aliphatic heterocycles. The minimum absolute atomic E-state index is 0. The first-order valence-corrected chi connectivity index (χ1v) is 11.2. The molecule has 0 spiro atoms. The van der Waals surface area contributed by atoms with Crippen molar-refractivity contribution in [3.8, 4) is 22.6 Å². The van der Waals surface area contributed by atoms with Gasteiger partial charge in [-0.2, -0.15) is 0 Å². The Balaban J connectivity index is 0.00000363. The van der Waals surface area contributed by atoms with E-state index in [1.807, 2.05) is 37.2 Å². The molecule has 2 aromatic rings. The van der Waals surface area contributed by atoms with Gasteiger partial charge in [-0.05, 0) is 45.0 Å². The number of likely N-dealkylation sites (tertiary alicyclic amines) is 1. The molecule has 1 heterocycles. The number of benzene rings is 2. The van der Waals surface area contributed by atoms with E-state index in [-0.39, 0.29) is 44.9 Å². The molecule has 3 rings (SSSR count). The molecule has 2 aromatic carbocycles. The number of phenolic OH excluding ortho intramolecular Hbond substituents is 1. The van der Waals surface area contributed by atoms with Gasteiger partial charge in [0.05, 0.1) is 22.8 Å². The summed E-state index contributed by atoms with van der Waals surface area (Å²) >= 11 is 19.2. The summed E-state index contributed by atoms with van der Waals surface area (Å²) in [5.74, 6) is 0.330. The number of halogens is 4. The lowest BCUT2D eigenvalue weighted by atomic mass is 9.96. The number of phenols is 1. The van der Waals surface area contributed by atoms with E-state index in [0.717, 1.165) is 24.8 Å². The zero-order valence-electron chi connectivity index (χ0n) is 18.2. The number of nitrogens with zero attached hydrogens (tertiary/aromatic N) is 2. The monoisotopic (exact) mass is 521 g/mol. The van der Waals surface area contributed by atoms with Crippen molar-refractivity contribution in [3.63, 3.8) is 0 Å². The van der Waals surface area contributed by atoms with Gasteiger partial charge < -0.3 is 25.0 Å². The highest BCUT2D eigenvalue weighted by Crippen LogP contribution is 2.51. The first kappa shape index (κ1) is 26.7. The van der Waals surface area contributed by atoms with Gasteiger partial charge in [0.15, 0.2) is 5.75 Å². The Morgan fingerprint density at radius 1 is 1.12 bits per heavy atom. The van der Waals surface area contributed by atoms with Gasteiger partial charge in [-0.15, -0.1) is 12.4 Å². The van der Waals surface area contributed by atoms with Crippen molar-refractivity contribution in [3.05, 3.63) is 38.8 Å². The molecule has 0 bridgehead atoms. The second kappa shape index (κ2) is 11.5. The van der Waals surface area contributed by atoms with E-state index >= 15 is 0 Å². The topological polar surface area (TPSA) is 65.0 Å². The largest absolute Gasteiger partial charge is 0.504 e. The second-order valence-electron chi connectivity index (χ2n) is 7.74. The molecule has 1 saturated heterocycles. The molecule has 0 radical (unpaired) electrons. The number of hydrogen-bond acceptors (Lipinski definition) is 4. The maximum atomic E-state index is 12.9. The maximum absolute atomic E-state index is 12.9. The third-order valence-electron chi connectivity index (χ3n) is 5.27. The van der Waals surface area contributed by atoms with Crippen LogP contribution in [-0.2, 0) is 6.54 Å². The number of urea groups is 1. The predicted octanol–water partition coefficient (Wildman–Crippen LogP) is 6.53. The molecule has 0 atom stereocenters. The van der Waals surface area contributed by atoms with Crippen molar-refractivity contribution >= 4 is 58.9 Å². The molecule has 6 nitrogen and oxygen atoms in total. The molecule has 1 fully saturated rings. The minimum atomic E-state index is -0.324. The van der Waals surface area contributed by atoms with Crippen LogP contribution >= 0.6 is 47.2 Å². The predicted molar refractivity (Wildman–Crippen MR) is 134 cm³/mol. The third kappa shape index (κ3) is 5.49. The number of amides is 2. The summed E-state index contributed by atoms with van der Waals surface area (Å²) in [6.45, 7) is 1.85. The molecule has 0 saturated carbocycles. The van der Waals surface area contributed by atoms with Crippen molar-refractivity contribution in [2.75, 3.05) is 39.6 Å². The molecule has 10 heteroatoms.